The summed E-state index contributed by atoms with van der Waals surface area (Å²) >= 11 is 0. The number of carboxylic acid groups (broad SMARTS) is 1. The van der Waals surface area contributed by atoms with Crippen LogP contribution in [0.2, 0.25) is 0 Å². The van der Waals surface area contributed by atoms with Gasteiger partial charge in [-0.2, -0.15) is 0 Å². The van der Waals surface area contributed by atoms with Crippen molar-refractivity contribution in [2.24, 2.45) is 0 Å². The van der Waals surface area contributed by atoms with Crippen molar-refractivity contribution in [2.45, 2.75) is 66.2 Å². The van der Waals surface area contributed by atoms with E-state index in [1.807, 2.05) is 76.8 Å². The third kappa shape index (κ3) is 5.05. The summed E-state index contributed by atoms with van der Waals surface area (Å²) in [6.07, 6.45) is 1.16. The standard InChI is InChI=1S/C30H34N2O4/c1-18-10-12-21(13-11-18)25-20(3)23-17-32(28(33)24-9-7-8-15-31-24)16-14-22(23)19(2)26(25)27(29(34)35)36-30(4,5)6/h7-13,15,27H,14,16-17H2,1-6H3,(H,34,35)/t27-/m0/s1. The van der Waals surface area contributed by atoms with E-state index in [-0.39, 0.29) is 5.91 Å². The Bertz CT molecular complexity index is 1290. The molecule has 0 saturated carbocycles. The number of carboxylic acids is 1. The lowest BCUT2D eigenvalue weighted by atomic mass is 9.80. The van der Waals surface area contributed by atoms with Crippen LogP contribution < -0.4 is 0 Å². The van der Waals surface area contributed by atoms with Crippen LogP contribution in [0.4, 0.5) is 0 Å². The highest BCUT2D eigenvalue weighted by molar-refractivity contribution is 5.92. The second-order valence-corrected chi connectivity index (χ2v) is 10.5. The molecule has 1 aromatic heterocycles. The van der Waals surface area contributed by atoms with Crippen LogP contribution >= 0.6 is 0 Å². The first kappa shape index (κ1) is 25.6. The van der Waals surface area contributed by atoms with Crippen LogP contribution in [0, 0.1) is 20.8 Å². The Hall–Kier alpha value is -3.51. The number of aryl methyl sites for hydroxylation is 1. The summed E-state index contributed by atoms with van der Waals surface area (Å²) in [6.45, 7) is 12.7. The van der Waals surface area contributed by atoms with Crippen molar-refractivity contribution < 1.29 is 19.4 Å². The molecule has 3 aromatic rings. The Kier molecular flexibility index (Phi) is 7.01. The highest BCUT2D eigenvalue weighted by Crippen LogP contribution is 2.42. The second-order valence-electron chi connectivity index (χ2n) is 10.5. The molecule has 0 spiro atoms. The number of carbonyl (C=O) groups excluding carboxylic acids is 1. The SMILES string of the molecule is Cc1ccc(-c2c(C)c3c(c(C)c2[C@H](OC(C)(C)C)C(=O)O)CCN(C(=O)c2ccccn2)C3)cc1. The average Bonchev–Trinajstić information content (AvgIpc) is 2.84. The first-order valence-electron chi connectivity index (χ1n) is 12.3. The fourth-order valence-corrected chi connectivity index (χ4v) is 5.06. The molecule has 0 bridgehead atoms. The predicted octanol–water partition coefficient (Wildman–Crippen LogP) is 5.81. The summed E-state index contributed by atoms with van der Waals surface area (Å²) in [7, 11) is 0. The Labute approximate surface area is 212 Å². The summed E-state index contributed by atoms with van der Waals surface area (Å²) in [4.78, 5) is 31.8. The Morgan fingerprint density at radius 2 is 1.69 bits per heavy atom. The van der Waals surface area contributed by atoms with Gasteiger partial charge in [0.1, 0.15) is 5.69 Å². The molecule has 1 atom stereocenters. The van der Waals surface area contributed by atoms with Crippen LogP contribution in [0.3, 0.4) is 0 Å². The summed E-state index contributed by atoms with van der Waals surface area (Å²) in [6, 6.07) is 13.5. The van der Waals surface area contributed by atoms with Gasteiger partial charge >= 0.3 is 5.97 Å². The van der Waals surface area contributed by atoms with Gasteiger partial charge in [0, 0.05) is 24.8 Å². The first-order valence-corrected chi connectivity index (χ1v) is 12.3. The molecule has 6 heteroatoms. The number of aliphatic carboxylic acids is 1. The number of pyridine rings is 1. The largest absolute Gasteiger partial charge is 0.479 e. The molecule has 0 aliphatic carbocycles. The lowest BCUT2D eigenvalue weighted by Gasteiger charge is -2.35. The molecule has 0 radical (unpaired) electrons. The third-order valence-corrected chi connectivity index (χ3v) is 6.77. The van der Waals surface area contributed by atoms with Crippen molar-refractivity contribution in [1.29, 1.82) is 0 Å². The zero-order valence-electron chi connectivity index (χ0n) is 21.9. The number of amides is 1. The van der Waals surface area contributed by atoms with Crippen LogP contribution in [0.15, 0.2) is 48.7 Å². The van der Waals surface area contributed by atoms with E-state index in [1.165, 1.54) is 0 Å². The molecule has 0 fully saturated rings. The predicted molar refractivity (Wildman–Crippen MR) is 140 cm³/mol. The Morgan fingerprint density at radius 3 is 2.28 bits per heavy atom. The van der Waals surface area contributed by atoms with Gasteiger partial charge in [0.2, 0.25) is 0 Å². The number of benzene rings is 2. The number of carbonyl (C=O) groups is 2. The van der Waals surface area contributed by atoms with Crippen molar-refractivity contribution in [3.05, 3.63) is 87.7 Å². The second kappa shape index (κ2) is 9.86. The van der Waals surface area contributed by atoms with Gasteiger partial charge in [0.25, 0.3) is 5.91 Å². The van der Waals surface area contributed by atoms with Gasteiger partial charge in [-0.3, -0.25) is 9.78 Å². The van der Waals surface area contributed by atoms with E-state index in [2.05, 4.69) is 4.98 Å². The summed E-state index contributed by atoms with van der Waals surface area (Å²) in [5, 5.41) is 10.3. The van der Waals surface area contributed by atoms with Crippen LogP contribution in [-0.4, -0.2) is 39.0 Å². The van der Waals surface area contributed by atoms with E-state index < -0.39 is 17.7 Å². The first-order chi connectivity index (χ1) is 17.0. The molecule has 188 valence electrons. The molecule has 1 aliphatic rings. The van der Waals surface area contributed by atoms with Crippen molar-refractivity contribution in [3.63, 3.8) is 0 Å². The molecule has 1 N–H and O–H groups in total. The number of hydrogen-bond donors (Lipinski definition) is 1. The van der Waals surface area contributed by atoms with Gasteiger partial charge in [0.15, 0.2) is 6.10 Å². The van der Waals surface area contributed by atoms with Gasteiger partial charge in [-0.15, -0.1) is 0 Å². The molecule has 1 aliphatic heterocycles. The van der Waals surface area contributed by atoms with Crippen LogP contribution in [0.25, 0.3) is 11.1 Å². The van der Waals surface area contributed by atoms with Crippen LogP contribution in [-0.2, 0) is 22.5 Å². The van der Waals surface area contributed by atoms with Crippen molar-refractivity contribution in [1.82, 2.24) is 9.88 Å². The molecular formula is C30H34N2O4. The van der Waals surface area contributed by atoms with Crippen molar-refractivity contribution >= 4 is 11.9 Å². The van der Waals surface area contributed by atoms with E-state index in [1.54, 1.807) is 18.3 Å². The van der Waals surface area contributed by atoms with Crippen LogP contribution in [0.1, 0.15) is 70.7 Å². The molecule has 4 rings (SSSR count). The Balaban J connectivity index is 1.90. The maximum Gasteiger partial charge on any atom is 0.337 e. The number of rotatable bonds is 5. The molecule has 2 aromatic carbocycles. The normalized spacial score (nSPS) is 14.3. The molecular weight excluding hydrogens is 452 g/mol. The van der Waals surface area contributed by atoms with Gasteiger partial charge < -0.3 is 14.7 Å². The molecule has 6 nitrogen and oxygen atoms in total. The monoisotopic (exact) mass is 486 g/mol. The number of aromatic nitrogens is 1. The molecule has 1 amide bonds. The fraction of sp³-hybridized carbons (Fsp3) is 0.367. The topological polar surface area (TPSA) is 79.7 Å². The molecule has 0 unspecified atom stereocenters. The fourth-order valence-electron chi connectivity index (χ4n) is 5.06. The average molecular weight is 487 g/mol. The lowest BCUT2D eigenvalue weighted by molar-refractivity contribution is -0.160. The quantitative estimate of drug-likeness (QED) is 0.492. The summed E-state index contributed by atoms with van der Waals surface area (Å²) in [5.74, 6) is -1.11. The molecule has 36 heavy (non-hydrogen) atoms. The van der Waals surface area contributed by atoms with Gasteiger partial charge in [0.05, 0.1) is 5.60 Å². The maximum atomic E-state index is 13.2. The van der Waals surface area contributed by atoms with E-state index in [9.17, 15) is 14.7 Å². The van der Waals surface area contributed by atoms with E-state index in [4.69, 9.17) is 4.74 Å². The minimum atomic E-state index is -1.11. The lowest BCUT2D eigenvalue weighted by Crippen LogP contribution is -2.37. The highest BCUT2D eigenvalue weighted by atomic mass is 16.5. The Morgan fingerprint density at radius 1 is 1.00 bits per heavy atom. The van der Waals surface area contributed by atoms with E-state index in [0.717, 1.165) is 38.9 Å². The zero-order chi connectivity index (χ0) is 26.2. The summed E-state index contributed by atoms with van der Waals surface area (Å²) in [5.41, 5.74) is 7.50. The number of ether oxygens (including phenoxy) is 1. The zero-order valence-corrected chi connectivity index (χ0v) is 21.9. The molecule has 2 heterocycles. The van der Waals surface area contributed by atoms with Gasteiger partial charge in [-0.25, -0.2) is 4.79 Å². The number of hydrogen-bond acceptors (Lipinski definition) is 4. The van der Waals surface area contributed by atoms with E-state index in [0.29, 0.717) is 30.8 Å². The minimum absolute atomic E-state index is 0.0984. The van der Waals surface area contributed by atoms with E-state index >= 15 is 0 Å². The summed E-state index contributed by atoms with van der Waals surface area (Å²) < 4.78 is 6.14. The molecule has 0 saturated heterocycles. The highest BCUT2D eigenvalue weighted by Gasteiger charge is 2.35. The van der Waals surface area contributed by atoms with Crippen molar-refractivity contribution in [3.8, 4) is 11.1 Å². The number of fused-ring (bicyclic) bond motifs is 1. The third-order valence-electron chi connectivity index (χ3n) is 6.77. The maximum absolute atomic E-state index is 13.2. The van der Waals surface area contributed by atoms with Crippen LogP contribution in [0.5, 0.6) is 0 Å². The van der Waals surface area contributed by atoms with Gasteiger partial charge in [-0.05, 0) is 93.5 Å². The minimum Gasteiger partial charge on any atom is -0.479 e. The van der Waals surface area contributed by atoms with Crippen molar-refractivity contribution in [2.75, 3.05) is 6.54 Å². The number of nitrogens with zero attached hydrogens (tertiary/aromatic N) is 2. The van der Waals surface area contributed by atoms with Gasteiger partial charge in [-0.1, -0.05) is 35.9 Å². The smallest absolute Gasteiger partial charge is 0.337 e.